The summed E-state index contributed by atoms with van der Waals surface area (Å²) in [6.45, 7) is 1.28. The molecule has 5 nitrogen and oxygen atoms in total. The molecule has 0 spiro atoms. The van der Waals surface area contributed by atoms with Crippen LogP contribution in [-0.2, 0) is 25.0 Å². The Balaban J connectivity index is 2.13. The molecule has 36 heavy (non-hydrogen) atoms. The third-order valence-corrected chi connectivity index (χ3v) is 9.05. The molecular weight excluding hydrogens is 519 g/mol. The predicted octanol–water partition coefficient (Wildman–Crippen LogP) is 4.89. The molecule has 13 heteroatoms. The highest BCUT2D eigenvalue weighted by Gasteiger charge is 2.71. The molecule has 2 N–H and O–H groups in total. The van der Waals surface area contributed by atoms with Crippen LogP contribution in [0.1, 0.15) is 43.7 Å². The first-order valence-corrected chi connectivity index (χ1v) is 12.2. The average Bonchev–Trinajstić information content (AvgIpc) is 2.77. The Bertz CT molecular complexity index is 1190. The van der Waals surface area contributed by atoms with Gasteiger partial charge in [0.2, 0.25) is 5.91 Å². The number of rotatable bonds is 5. The highest BCUT2D eigenvalue weighted by molar-refractivity contribution is 7.92. The van der Waals surface area contributed by atoms with Crippen LogP contribution >= 0.6 is 0 Å². The first-order chi connectivity index (χ1) is 16.5. The number of hydrogen-bond donors (Lipinski definition) is 2. The van der Waals surface area contributed by atoms with Crippen LogP contribution in [0.15, 0.2) is 53.4 Å². The number of carbonyl (C=O) groups is 1. The van der Waals surface area contributed by atoms with Crippen molar-refractivity contribution in [3.63, 3.8) is 0 Å². The predicted molar refractivity (Wildman–Crippen MR) is 114 cm³/mol. The zero-order chi connectivity index (χ0) is 27.2. The van der Waals surface area contributed by atoms with Crippen molar-refractivity contribution in [2.75, 3.05) is 0 Å². The maximum Gasteiger partial charge on any atom is 0.430 e. The lowest BCUT2D eigenvalue weighted by Crippen LogP contribution is -2.54. The van der Waals surface area contributed by atoms with Crippen LogP contribution in [-0.4, -0.2) is 37.8 Å². The molecule has 3 rings (SSSR count). The second-order valence-electron chi connectivity index (χ2n) is 8.71. The summed E-state index contributed by atoms with van der Waals surface area (Å²) in [7, 11) is -4.34. The number of amides is 1. The lowest BCUT2D eigenvalue weighted by Gasteiger charge is -2.40. The van der Waals surface area contributed by atoms with Gasteiger partial charge >= 0.3 is 12.4 Å². The van der Waals surface area contributed by atoms with Crippen molar-refractivity contribution in [1.29, 1.82) is 0 Å². The highest BCUT2D eigenvalue weighted by atomic mass is 32.2. The molecule has 1 saturated carbocycles. The number of alkyl halides is 6. The Labute approximate surface area is 202 Å². The van der Waals surface area contributed by atoms with Crippen LogP contribution in [0.3, 0.4) is 0 Å². The molecule has 198 valence electrons. The summed E-state index contributed by atoms with van der Waals surface area (Å²) < 4.78 is 119. The summed E-state index contributed by atoms with van der Waals surface area (Å²) in [5.41, 5.74) is -6.78. The van der Waals surface area contributed by atoms with E-state index in [1.165, 1.54) is 6.92 Å². The monoisotopic (exact) mass is 541 g/mol. The van der Waals surface area contributed by atoms with Gasteiger partial charge in [-0.25, -0.2) is 12.8 Å². The molecule has 0 bridgehead atoms. The van der Waals surface area contributed by atoms with Crippen LogP contribution < -0.4 is 5.32 Å². The lowest BCUT2D eigenvalue weighted by molar-refractivity contribution is -0.376. The number of hydrogen-bond acceptors (Lipinski definition) is 4. The zero-order valence-electron chi connectivity index (χ0n) is 18.8. The van der Waals surface area contributed by atoms with Gasteiger partial charge < -0.3 is 10.4 Å². The van der Waals surface area contributed by atoms with Crippen LogP contribution in [0.25, 0.3) is 0 Å². The summed E-state index contributed by atoms with van der Waals surface area (Å²) in [4.78, 5) is 11.1. The Morgan fingerprint density at radius 3 is 1.81 bits per heavy atom. The molecule has 2 aromatic rings. The molecule has 2 aromatic carbocycles. The number of halogens is 7. The van der Waals surface area contributed by atoms with E-state index in [1.54, 1.807) is 0 Å². The summed E-state index contributed by atoms with van der Waals surface area (Å²) in [5.74, 6) is -1.06. The fourth-order valence-electron chi connectivity index (χ4n) is 4.57. The van der Waals surface area contributed by atoms with Crippen LogP contribution in [0, 0.1) is 5.82 Å². The molecule has 0 aliphatic heterocycles. The molecule has 0 radical (unpaired) electrons. The molecule has 0 atom stereocenters. The summed E-state index contributed by atoms with van der Waals surface area (Å²) in [6.07, 6.45) is -12.1. The molecule has 1 fully saturated rings. The first-order valence-electron chi connectivity index (χ1n) is 10.7. The van der Waals surface area contributed by atoms with Gasteiger partial charge in [-0.2, -0.15) is 26.3 Å². The van der Waals surface area contributed by atoms with E-state index in [-0.39, 0.29) is 48.1 Å². The Morgan fingerprint density at radius 1 is 0.917 bits per heavy atom. The smallest absolute Gasteiger partial charge is 0.369 e. The Kier molecular flexibility index (Phi) is 7.23. The topological polar surface area (TPSA) is 83.5 Å². The van der Waals surface area contributed by atoms with E-state index in [1.807, 2.05) is 0 Å². The third kappa shape index (κ3) is 4.70. The van der Waals surface area contributed by atoms with Crippen LogP contribution in [0.2, 0.25) is 0 Å². The minimum absolute atomic E-state index is 0.0939. The molecule has 0 aromatic heterocycles. The van der Waals surface area contributed by atoms with Crippen molar-refractivity contribution >= 4 is 15.7 Å². The van der Waals surface area contributed by atoms with Crippen LogP contribution in [0.5, 0.6) is 0 Å². The number of aliphatic hydroxyl groups is 1. The van der Waals surface area contributed by atoms with Gasteiger partial charge in [0, 0.05) is 18.5 Å². The second kappa shape index (κ2) is 9.33. The largest absolute Gasteiger partial charge is 0.430 e. The molecule has 0 heterocycles. The van der Waals surface area contributed by atoms with E-state index < -0.39 is 43.9 Å². The van der Waals surface area contributed by atoms with E-state index >= 15 is 0 Å². The SMILES string of the molecule is CC(=O)NC1CCC(c2ccc(C(O)(C(F)(F)F)C(F)(F)F)cc2)(S(=O)(=O)c2ccc(F)cc2)CC1. The zero-order valence-corrected chi connectivity index (χ0v) is 19.6. The minimum Gasteiger partial charge on any atom is -0.369 e. The van der Waals surface area contributed by atoms with E-state index in [4.69, 9.17) is 0 Å². The fourth-order valence-corrected chi connectivity index (χ4v) is 6.74. The third-order valence-electron chi connectivity index (χ3n) is 6.49. The Hall–Kier alpha value is -2.67. The van der Waals surface area contributed by atoms with Gasteiger partial charge in [-0.3, -0.25) is 4.79 Å². The lowest BCUT2D eigenvalue weighted by atomic mass is 9.79. The minimum atomic E-state index is -6.10. The van der Waals surface area contributed by atoms with E-state index in [0.29, 0.717) is 12.1 Å². The van der Waals surface area contributed by atoms with Gasteiger partial charge in [0.1, 0.15) is 10.6 Å². The quantitative estimate of drug-likeness (QED) is 0.418. The van der Waals surface area contributed by atoms with Crippen LogP contribution in [0.4, 0.5) is 30.7 Å². The van der Waals surface area contributed by atoms with Gasteiger partial charge in [0.05, 0.1) is 4.90 Å². The highest BCUT2D eigenvalue weighted by Crippen LogP contribution is 2.51. The molecule has 1 aliphatic rings. The van der Waals surface area contributed by atoms with Gasteiger partial charge in [0.25, 0.3) is 5.60 Å². The molecule has 0 saturated heterocycles. The van der Waals surface area contributed by atoms with Crippen molar-refractivity contribution in [3.05, 3.63) is 65.5 Å². The fraction of sp³-hybridized carbons (Fsp3) is 0.435. The molecule has 1 aliphatic carbocycles. The van der Waals surface area contributed by atoms with E-state index in [9.17, 15) is 49.1 Å². The summed E-state index contributed by atoms with van der Waals surface area (Å²) in [5, 5.41) is 12.3. The normalized spacial score (nSPS) is 21.8. The number of sulfone groups is 1. The molecule has 1 amide bonds. The van der Waals surface area contributed by atoms with Gasteiger partial charge in [0.15, 0.2) is 9.84 Å². The summed E-state index contributed by atoms with van der Waals surface area (Å²) >= 11 is 0. The maximum absolute atomic E-state index is 13.7. The maximum atomic E-state index is 13.7. The van der Waals surface area contributed by atoms with Crippen molar-refractivity contribution in [3.8, 4) is 0 Å². The summed E-state index contributed by atoms with van der Waals surface area (Å²) in [6, 6.07) is 5.92. The van der Waals surface area contributed by atoms with Gasteiger partial charge in [-0.05, 0) is 55.5 Å². The first kappa shape index (κ1) is 27.9. The van der Waals surface area contributed by atoms with Crippen molar-refractivity contribution < 1.29 is 49.1 Å². The van der Waals surface area contributed by atoms with Gasteiger partial charge in [-0.15, -0.1) is 0 Å². The average molecular weight is 541 g/mol. The number of carbonyl (C=O) groups excluding carboxylic acids is 1. The molecule has 0 unspecified atom stereocenters. The van der Waals surface area contributed by atoms with E-state index in [2.05, 4.69) is 5.32 Å². The molecular formula is C23H22F7NO4S. The van der Waals surface area contributed by atoms with Crippen molar-refractivity contribution in [2.45, 2.75) is 66.2 Å². The number of benzene rings is 2. The second-order valence-corrected chi connectivity index (χ2v) is 11.0. The Morgan fingerprint density at radius 2 is 1.39 bits per heavy atom. The van der Waals surface area contributed by atoms with Crippen molar-refractivity contribution in [2.24, 2.45) is 0 Å². The van der Waals surface area contributed by atoms with Crippen molar-refractivity contribution in [1.82, 2.24) is 5.32 Å². The van der Waals surface area contributed by atoms with E-state index in [0.717, 1.165) is 36.4 Å². The number of nitrogens with one attached hydrogen (secondary N) is 1. The van der Waals surface area contributed by atoms with Gasteiger partial charge in [-0.1, -0.05) is 24.3 Å². The standard InChI is InChI=1S/C23H22F7NO4S/c1-14(32)31-18-10-12-20(13-11-18,36(34,35)19-8-6-17(24)7-9-19)15-2-4-16(5-3-15)21(33,22(25,26)27)23(28,29)30/h2-9,18,33H,10-13H2,1H3,(H,31,32).